The molecule has 0 aromatic carbocycles. The Morgan fingerprint density at radius 3 is 2.39 bits per heavy atom. The number of rotatable bonds is 3. The SMILES string of the molecule is N#Cc1c(NC(=O)C2=C(C(=O)O)CCCC2)sc2c1CCCC2. The lowest BCUT2D eigenvalue weighted by molar-refractivity contribution is -0.133. The van der Waals surface area contributed by atoms with E-state index in [4.69, 9.17) is 0 Å². The van der Waals surface area contributed by atoms with Crippen molar-refractivity contribution >= 4 is 28.2 Å². The molecule has 1 amide bonds. The Hall–Kier alpha value is -2.13. The van der Waals surface area contributed by atoms with Crippen molar-refractivity contribution in [2.75, 3.05) is 5.32 Å². The molecule has 1 heterocycles. The summed E-state index contributed by atoms with van der Waals surface area (Å²) >= 11 is 1.46. The first kappa shape index (κ1) is 15.8. The highest BCUT2D eigenvalue weighted by Crippen LogP contribution is 2.38. The zero-order chi connectivity index (χ0) is 16.4. The number of hydrogen-bond acceptors (Lipinski definition) is 4. The van der Waals surface area contributed by atoms with Crippen molar-refractivity contribution in [2.45, 2.75) is 51.4 Å². The summed E-state index contributed by atoms with van der Waals surface area (Å²) < 4.78 is 0. The second kappa shape index (κ2) is 6.55. The molecule has 3 rings (SSSR count). The normalized spacial score (nSPS) is 17.3. The first-order chi connectivity index (χ1) is 11.1. The molecule has 0 fully saturated rings. The number of nitriles is 1. The number of carbonyl (C=O) groups excluding carboxylic acids is 1. The monoisotopic (exact) mass is 330 g/mol. The van der Waals surface area contributed by atoms with Gasteiger partial charge in [-0.3, -0.25) is 4.79 Å². The number of thiophene rings is 1. The van der Waals surface area contributed by atoms with Crippen LogP contribution >= 0.6 is 11.3 Å². The number of aryl methyl sites for hydroxylation is 1. The Morgan fingerprint density at radius 1 is 1.04 bits per heavy atom. The molecule has 0 unspecified atom stereocenters. The number of carbonyl (C=O) groups is 2. The highest BCUT2D eigenvalue weighted by Gasteiger charge is 2.26. The third kappa shape index (κ3) is 3.02. The van der Waals surface area contributed by atoms with Crippen LogP contribution in [-0.2, 0) is 22.4 Å². The van der Waals surface area contributed by atoms with Crippen LogP contribution < -0.4 is 5.32 Å². The van der Waals surface area contributed by atoms with Gasteiger partial charge in [0.25, 0.3) is 5.91 Å². The van der Waals surface area contributed by atoms with E-state index in [1.54, 1.807) is 0 Å². The average molecular weight is 330 g/mol. The fourth-order valence-electron chi connectivity index (χ4n) is 3.34. The van der Waals surface area contributed by atoms with Gasteiger partial charge in [-0.25, -0.2) is 4.79 Å². The molecule has 0 saturated carbocycles. The molecule has 23 heavy (non-hydrogen) atoms. The largest absolute Gasteiger partial charge is 0.478 e. The molecule has 0 spiro atoms. The number of aliphatic carboxylic acids is 1. The number of nitrogens with zero attached hydrogens (tertiary/aromatic N) is 1. The van der Waals surface area contributed by atoms with Crippen LogP contribution in [0.2, 0.25) is 0 Å². The van der Waals surface area contributed by atoms with E-state index in [9.17, 15) is 20.0 Å². The zero-order valence-electron chi connectivity index (χ0n) is 12.8. The molecule has 6 heteroatoms. The molecular formula is C17H18N2O3S. The van der Waals surface area contributed by atoms with Crippen LogP contribution in [0, 0.1) is 11.3 Å². The molecule has 2 N–H and O–H groups in total. The number of carboxylic acids is 1. The third-order valence-electron chi connectivity index (χ3n) is 4.51. The Morgan fingerprint density at radius 2 is 1.70 bits per heavy atom. The van der Waals surface area contributed by atoms with Crippen molar-refractivity contribution < 1.29 is 14.7 Å². The maximum absolute atomic E-state index is 12.5. The topological polar surface area (TPSA) is 90.2 Å². The van der Waals surface area contributed by atoms with Gasteiger partial charge in [-0.1, -0.05) is 0 Å². The summed E-state index contributed by atoms with van der Waals surface area (Å²) in [4.78, 5) is 25.0. The predicted octanol–water partition coefficient (Wildman–Crippen LogP) is 3.39. The summed E-state index contributed by atoms with van der Waals surface area (Å²) in [6.45, 7) is 0. The van der Waals surface area contributed by atoms with Gasteiger partial charge in [-0.2, -0.15) is 5.26 Å². The molecule has 5 nitrogen and oxygen atoms in total. The quantitative estimate of drug-likeness (QED) is 0.889. The fourth-order valence-corrected chi connectivity index (χ4v) is 4.58. The van der Waals surface area contributed by atoms with Crippen molar-refractivity contribution in [3.8, 4) is 6.07 Å². The standard InChI is InChI=1S/C17H18N2O3S/c18-9-13-10-5-3-4-8-14(10)23-16(13)19-15(20)11-6-1-2-7-12(11)17(21)22/h1-8H2,(H,19,20)(H,21,22). The van der Waals surface area contributed by atoms with Gasteiger partial charge in [0.05, 0.1) is 5.56 Å². The second-order valence-corrected chi connectivity index (χ2v) is 7.06. The van der Waals surface area contributed by atoms with Crippen LogP contribution in [0.5, 0.6) is 0 Å². The summed E-state index contributed by atoms with van der Waals surface area (Å²) in [5.74, 6) is -1.38. The average Bonchev–Trinajstić information content (AvgIpc) is 2.91. The Bertz CT molecular complexity index is 740. The van der Waals surface area contributed by atoms with E-state index >= 15 is 0 Å². The van der Waals surface area contributed by atoms with Crippen molar-refractivity contribution in [1.29, 1.82) is 5.26 Å². The van der Waals surface area contributed by atoms with Crippen LogP contribution in [0.1, 0.15) is 54.5 Å². The summed E-state index contributed by atoms with van der Waals surface area (Å²) in [6.07, 6.45) is 6.56. The lowest BCUT2D eigenvalue weighted by atomic mass is 9.91. The number of anilines is 1. The molecular weight excluding hydrogens is 312 g/mol. The molecule has 1 aromatic heterocycles. The van der Waals surface area contributed by atoms with Crippen LogP contribution in [0.15, 0.2) is 11.1 Å². The number of amides is 1. The van der Waals surface area contributed by atoms with E-state index in [1.807, 2.05) is 0 Å². The van der Waals surface area contributed by atoms with E-state index in [2.05, 4.69) is 11.4 Å². The first-order valence-electron chi connectivity index (χ1n) is 7.93. The molecule has 2 aliphatic carbocycles. The maximum atomic E-state index is 12.5. The van der Waals surface area contributed by atoms with E-state index in [0.717, 1.165) is 44.1 Å². The Balaban J connectivity index is 1.90. The molecule has 1 aromatic rings. The zero-order valence-corrected chi connectivity index (χ0v) is 13.6. The van der Waals surface area contributed by atoms with Crippen molar-refractivity contribution in [1.82, 2.24) is 0 Å². The number of nitrogens with one attached hydrogen (secondary N) is 1. The van der Waals surface area contributed by atoms with Crippen molar-refractivity contribution in [3.63, 3.8) is 0 Å². The minimum atomic E-state index is -1.01. The lowest BCUT2D eigenvalue weighted by Crippen LogP contribution is -2.21. The Labute approximate surface area is 138 Å². The first-order valence-corrected chi connectivity index (χ1v) is 8.74. The smallest absolute Gasteiger partial charge is 0.332 e. The molecule has 0 saturated heterocycles. The minimum Gasteiger partial charge on any atom is -0.478 e. The van der Waals surface area contributed by atoms with Gasteiger partial charge in [-0.15, -0.1) is 11.3 Å². The lowest BCUT2D eigenvalue weighted by Gasteiger charge is -2.16. The molecule has 0 radical (unpaired) electrons. The van der Waals surface area contributed by atoms with Crippen LogP contribution in [-0.4, -0.2) is 17.0 Å². The predicted molar refractivity (Wildman–Crippen MR) is 87.4 cm³/mol. The minimum absolute atomic E-state index is 0.216. The van der Waals surface area contributed by atoms with Gasteiger partial charge in [0.1, 0.15) is 11.1 Å². The van der Waals surface area contributed by atoms with Crippen LogP contribution in [0.4, 0.5) is 5.00 Å². The van der Waals surface area contributed by atoms with Gasteiger partial charge in [0.2, 0.25) is 0 Å². The fraction of sp³-hybridized carbons (Fsp3) is 0.471. The van der Waals surface area contributed by atoms with Crippen LogP contribution in [0.3, 0.4) is 0 Å². The highest BCUT2D eigenvalue weighted by atomic mass is 32.1. The van der Waals surface area contributed by atoms with Gasteiger partial charge >= 0.3 is 5.97 Å². The van der Waals surface area contributed by atoms with E-state index in [0.29, 0.717) is 29.0 Å². The Kier molecular flexibility index (Phi) is 4.49. The molecule has 0 atom stereocenters. The van der Waals surface area contributed by atoms with Gasteiger partial charge in [0.15, 0.2) is 0 Å². The number of hydrogen-bond donors (Lipinski definition) is 2. The molecule has 0 bridgehead atoms. The second-order valence-electron chi connectivity index (χ2n) is 5.95. The van der Waals surface area contributed by atoms with Gasteiger partial charge in [0, 0.05) is 16.0 Å². The van der Waals surface area contributed by atoms with Crippen LogP contribution in [0.25, 0.3) is 0 Å². The molecule has 120 valence electrons. The number of carboxylic acid groups (broad SMARTS) is 1. The van der Waals surface area contributed by atoms with Gasteiger partial charge < -0.3 is 10.4 Å². The maximum Gasteiger partial charge on any atom is 0.332 e. The number of fused-ring (bicyclic) bond motifs is 1. The summed E-state index contributed by atoms with van der Waals surface area (Å²) in [5.41, 5.74) is 2.20. The van der Waals surface area contributed by atoms with Crippen molar-refractivity contribution in [3.05, 3.63) is 27.2 Å². The molecule has 0 aliphatic heterocycles. The van der Waals surface area contributed by atoms with E-state index < -0.39 is 5.97 Å². The van der Waals surface area contributed by atoms with E-state index in [1.165, 1.54) is 16.2 Å². The highest BCUT2D eigenvalue weighted by molar-refractivity contribution is 7.16. The summed E-state index contributed by atoms with van der Waals surface area (Å²) in [6, 6.07) is 2.21. The summed E-state index contributed by atoms with van der Waals surface area (Å²) in [7, 11) is 0. The molecule has 2 aliphatic rings. The third-order valence-corrected chi connectivity index (χ3v) is 5.72. The van der Waals surface area contributed by atoms with Crippen molar-refractivity contribution in [2.24, 2.45) is 0 Å². The van der Waals surface area contributed by atoms with E-state index in [-0.39, 0.29) is 11.5 Å². The summed E-state index contributed by atoms with van der Waals surface area (Å²) in [5, 5.41) is 22.1. The van der Waals surface area contributed by atoms with Gasteiger partial charge in [-0.05, 0) is 56.9 Å².